The highest BCUT2D eigenvalue weighted by Crippen LogP contribution is 2.44. The zero-order valence-electron chi connectivity index (χ0n) is 11.5. The molecule has 1 aromatic rings. The van der Waals surface area contributed by atoms with Crippen LogP contribution in [0.1, 0.15) is 26.3 Å². The molecule has 0 saturated carbocycles. The third-order valence-corrected chi connectivity index (χ3v) is 4.50. The van der Waals surface area contributed by atoms with Crippen molar-refractivity contribution in [3.63, 3.8) is 0 Å². The highest BCUT2D eigenvalue weighted by Gasteiger charge is 2.54. The molecule has 1 saturated heterocycles. The van der Waals surface area contributed by atoms with Crippen LogP contribution >= 0.6 is 23.2 Å². The minimum absolute atomic E-state index is 0.0308. The summed E-state index contributed by atoms with van der Waals surface area (Å²) in [5.74, 6) is -0.101. The number of amides is 1. The van der Waals surface area contributed by atoms with Crippen LogP contribution in [0, 0.1) is 5.92 Å². The molecule has 0 spiro atoms. The molecular formula is C15H19Cl2NO. The topological polar surface area (TPSA) is 20.3 Å². The fourth-order valence-corrected chi connectivity index (χ4v) is 3.54. The Morgan fingerprint density at radius 3 is 2.42 bits per heavy atom. The summed E-state index contributed by atoms with van der Waals surface area (Å²) in [6.07, 6.45) is 0. The molecule has 0 aliphatic carbocycles. The lowest BCUT2D eigenvalue weighted by Crippen LogP contribution is -2.41. The molecule has 0 unspecified atom stereocenters. The monoisotopic (exact) mass is 299 g/mol. The summed E-state index contributed by atoms with van der Waals surface area (Å²) >= 11 is 12.8. The van der Waals surface area contributed by atoms with Gasteiger partial charge in [-0.1, -0.05) is 30.3 Å². The summed E-state index contributed by atoms with van der Waals surface area (Å²) < 4.78 is 0. The summed E-state index contributed by atoms with van der Waals surface area (Å²) in [5, 5.41) is 0. The third-order valence-electron chi connectivity index (χ3n) is 3.81. The number of benzene rings is 1. The zero-order valence-corrected chi connectivity index (χ0v) is 13.0. The van der Waals surface area contributed by atoms with Gasteiger partial charge in [-0.15, -0.1) is 23.2 Å². The summed E-state index contributed by atoms with van der Waals surface area (Å²) in [6.45, 7) is 6.80. The number of carbonyl (C=O) groups excluding carboxylic acids is 1. The van der Waals surface area contributed by atoms with Gasteiger partial charge in [0.05, 0.1) is 0 Å². The van der Waals surface area contributed by atoms with Crippen molar-refractivity contribution in [3.05, 3.63) is 35.9 Å². The van der Waals surface area contributed by atoms with Crippen LogP contribution in [-0.2, 0) is 11.3 Å². The van der Waals surface area contributed by atoms with Crippen LogP contribution in [0.4, 0.5) is 0 Å². The van der Waals surface area contributed by atoms with E-state index in [-0.39, 0.29) is 11.8 Å². The van der Waals surface area contributed by atoms with Crippen molar-refractivity contribution in [2.45, 2.75) is 37.1 Å². The molecule has 4 heteroatoms. The maximum atomic E-state index is 12.4. The lowest BCUT2D eigenvalue weighted by Gasteiger charge is -2.30. The average molecular weight is 300 g/mol. The number of rotatable bonds is 3. The van der Waals surface area contributed by atoms with Crippen LogP contribution < -0.4 is 0 Å². The minimum atomic E-state index is -0.917. The third kappa shape index (κ3) is 2.90. The largest absolute Gasteiger partial charge is 0.336 e. The van der Waals surface area contributed by atoms with Gasteiger partial charge in [-0.25, -0.2) is 0 Å². The Morgan fingerprint density at radius 2 is 1.95 bits per heavy atom. The van der Waals surface area contributed by atoms with Gasteiger partial charge in [-0.3, -0.25) is 4.79 Å². The Morgan fingerprint density at radius 1 is 1.37 bits per heavy atom. The molecule has 2 atom stereocenters. The first-order valence-corrected chi connectivity index (χ1v) is 7.19. The van der Waals surface area contributed by atoms with Gasteiger partial charge in [0.25, 0.3) is 0 Å². The van der Waals surface area contributed by atoms with Crippen molar-refractivity contribution in [3.8, 4) is 0 Å². The summed E-state index contributed by atoms with van der Waals surface area (Å²) in [6, 6.07) is 9.93. The maximum absolute atomic E-state index is 12.4. The van der Waals surface area contributed by atoms with Crippen molar-refractivity contribution in [1.29, 1.82) is 0 Å². The van der Waals surface area contributed by atoms with Crippen LogP contribution in [0.5, 0.6) is 0 Å². The molecule has 0 radical (unpaired) electrons. The second kappa shape index (κ2) is 4.99. The molecule has 1 aliphatic rings. The minimum Gasteiger partial charge on any atom is -0.336 e. The summed E-state index contributed by atoms with van der Waals surface area (Å²) in [7, 11) is 0. The van der Waals surface area contributed by atoms with Gasteiger partial charge in [-0.2, -0.15) is 0 Å². The molecule has 0 aromatic heterocycles. The molecule has 104 valence electrons. The van der Waals surface area contributed by atoms with E-state index in [1.807, 2.05) is 44.2 Å². The predicted molar refractivity (Wildman–Crippen MR) is 79.5 cm³/mol. The molecule has 19 heavy (non-hydrogen) atoms. The number of halogens is 2. The second-order valence-corrected chi connectivity index (χ2v) is 7.62. The number of alkyl halides is 2. The van der Waals surface area contributed by atoms with E-state index >= 15 is 0 Å². The van der Waals surface area contributed by atoms with Gasteiger partial charge in [0.1, 0.15) is 4.87 Å². The van der Waals surface area contributed by atoms with Gasteiger partial charge in [0.2, 0.25) is 5.91 Å². The standard InChI is InChI=1S/C15H19Cl2NO/c1-14(2,16)12-10-18(13(19)15(12,3)17)9-11-7-5-4-6-8-11/h4-8,12H,9-10H2,1-3H3/t12-,15+/m1/s1. The molecule has 0 N–H and O–H groups in total. The molecular weight excluding hydrogens is 281 g/mol. The average Bonchev–Trinajstić information content (AvgIpc) is 2.54. The first-order valence-electron chi connectivity index (χ1n) is 6.44. The smallest absolute Gasteiger partial charge is 0.244 e. The normalized spacial score (nSPS) is 27.9. The van der Waals surface area contributed by atoms with E-state index in [2.05, 4.69) is 0 Å². The molecule has 1 fully saturated rings. The first-order chi connectivity index (χ1) is 8.73. The predicted octanol–water partition coefficient (Wildman–Crippen LogP) is 3.66. The quantitative estimate of drug-likeness (QED) is 0.780. The number of hydrogen-bond donors (Lipinski definition) is 0. The Balaban J connectivity index is 2.19. The maximum Gasteiger partial charge on any atom is 0.244 e. The van der Waals surface area contributed by atoms with E-state index in [1.54, 1.807) is 11.8 Å². The van der Waals surface area contributed by atoms with Crippen molar-refractivity contribution < 1.29 is 4.79 Å². The first kappa shape index (κ1) is 14.7. The van der Waals surface area contributed by atoms with Crippen LogP contribution in [0.3, 0.4) is 0 Å². The molecule has 1 aliphatic heterocycles. The van der Waals surface area contributed by atoms with Crippen molar-refractivity contribution in [1.82, 2.24) is 4.90 Å². The second-order valence-electron chi connectivity index (χ2n) is 5.86. The molecule has 1 aromatic carbocycles. The van der Waals surface area contributed by atoms with E-state index in [1.165, 1.54) is 0 Å². The zero-order chi connectivity index (χ0) is 14.3. The highest BCUT2D eigenvalue weighted by atomic mass is 35.5. The number of nitrogens with zero attached hydrogens (tertiary/aromatic N) is 1. The van der Waals surface area contributed by atoms with E-state index in [0.29, 0.717) is 13.1 Å². The van der Waals surface area contributed by atoms with E-state index in [0.717, 1.165) is 5.56 Å². The van der Waals surface area contributed by atoms with Crippen molar-refractivity contribution >= 4 is 29.1 Å². The number of hydrogen-bond acceptors (Lipinski definition) is 1. The Labute approximate surface area is 124 Å². The fraction of sp³-hybridized carbons (Fsp3) is 0.533. The van der Waals surface area contributed by atoms with Gasteiger partial charge in [0, 0.05) is 23.9 Å². The number of likely N-dealkylation sites (tertiary alicyclic amines) is 1. The summed E-state index contributed by atoms with van der Waals surface area (Å²) in [4.78, 5) is 12.8. The van der Waals surface area contributed by atoms with E-state index in [4.69, 9.17) is 23.2 Å². The number of carbonyl (C=O) groups is 1. The van der Waals surface area contributed by atoms with Crippen molar-refractivity contribution in [2.75, 3.05) is 6.54 Å². The molecule has 0 bridgehead atoms. The molecule has 1 amide bonds. The van der Waals surface area contributed by atoms with Crippen molar-refractivity contribution in [2.24, 2.45) is 5.92 Å². The Hall–Kier alpha value is -0.730. The van der Waals surface area contributed by atoms with Gasteiger partial charge < -0.3 is 4.90 Å². The molecule has 1 heterocycles. The lowest BCUT2D eigenvalue weighted by atomic mass is 9.86. The van der Waals surface area contributed by atoms with Gasteiger partial charge in [0.15, 0.2) is 0 Å². The fourth-order valence-electron chi connectivity index (χ4n) is 2.73. The van der Waals surface area contributed by atoms with Crippen LogP contribution in [-0.4, -0.2) is 27.1 Å². The Kier molecular flexibility index (Phi) is 3.85. The van der Waals surface area contributed by atoms with Crippen LogP contribution in [0.2, 0.25) is 0 Å². The lowest BCUT2D eigenvalue weighted by molar-refractivity contribution is -0.130. The van der Waals surface area contributed by atoms with Gasteiger partial charge >= 0.3 is 0 Å². The van der Waals surface area contributed by atoms with E-state index < -0.39 is 9.75 Å². The Bertz CT molecular complexity index is 465. The summed E-state index contributed by atoms with van der Waals surface area (Å²) in [5.41, 5.74) is 1.11. The van der Waals surface area contributed by atoms with Crippen LogP contribution in [0.25, 0.3) is 0 Å². The van der Waals surface area contributed by atoms with Gasteiger partial charge in [-0.05, 0) is 26.3 Å². The highest BCUT2D eigenvalue weighted by molar-refractivity contribution is 6.36. The molecule has 2 nitrogen and oxygen atoms in total. The van der Waals surface area contributed by atoms with Crippen LogP contribution in [0.15, 0.2) is 30.3 Å². The molecule has 2 rings (SSSR count). The SMILES string of the molecule is CC(C)(Cl)[C@H]1CN(Cc2ccccc2)C(=O)[C@@]1(C)Cl. The van der Waals surface area contributed by atoms with E-state index in [9.17, 15) is 4.79 Å².